The third kappa shape index (κ3) is 13.9. The Bertz CT molecular complexity index is 2910. The van der Waals surface area contributed by atoms with E-state index in [0.717, 1.165) is 142 Å². The number of fused-ring (bicyclic) bond motifs is 6. The van der Waals surface area contributed by atoms with Crippen molar-refractivity contribution in [3.05, 3.63) is 133 Å². The van der Waals surface area contributed by atoms with Gasteiger partial charge in [0.05, 0.1) is 40.3 Å². The van der Waals surface area contributed by atoms with Crippen LogP contribution in [-0.4, -0.2) is 57.9 Å². The molecule has 0 aliphatic heterocycles. The average Bonchev–Trinajstić information content (AvgIpc) is 3.39. The summed E-state index contributed by atoms with van der Waals surface area (Å²) >= 11 is 0. The Morgan fingerprint density at radius 1 is 0.411 bits per heavy atom. The molecule has 0 bridgehead atoms. The van der Waals surface area contributed by atoms with Crippen molar-refractivity contribution in [1.29, 1.82) is 0 Å². The third-order valence-electron chi connectivity index (χ3n) is 13.3. The monoisotopic (exact) mass is 985 g/mol. The van der Waals surface area contributed by atoms with E-state index in [2.05, 4.69) is 81.9 Å². The van der Waals surface area contributed by atoms with Crippen molar-refractivity contribution in [2.45, 2.75) is 83.6 Å². The van der Waals surface area contributed by atoms with Crippen LogP contribution in [0, 0.1) is 0 Å². The number of nitrogens with one attached hydrogen (secondary N) is 2. The van der Waals surface area contributed by atoms with Crippen LogP contribution in [0.15, 0.2) is 133 Å². The number of rotatable bonds is 28. The van der Waals surface area contributed by atoms with Crippen molar-refractivity contribution in [3.63, 3.8) is 0 Å². The first-order valence-electron chi connectivity index (χ1n) is 26.1. The minimum atomic E-state index is 0.0629. The predicted octanol–water partition coefficient (Wildman–Crippen LogP) is 9.61. The number of anilines is 4. The molecule has 2 amide bonds. The molecule has 0 saturated heterocycles. The zero-order valence-electron chi connectivity index (χ0n) is 42.1. The van der Waals surface area contributed by atoms with E-state index >= 15 is 0 Å². The number of aryl methyl sites for hydroxylation is 1. The van der Waals surface area contributed by atoms with Crippen LogP contribution in [0.5, 0.6) is 0 Å². The molecule has 8 aromatic rings. The van der Waals surface area contributed by atoms with Crippen LogP contribution in [0.2, 0.25) is 0 Å². The normalized spacial score (nSPS) is 11.5. The lowest BCUT2D eigenvalue weighted by Gasteiger charge is -2.13. The summed E-state index contributed by atoms with van der Waals surface area (Å²) in [5.74, 6) is 0.135. The number of nitrogen functional groups attached to an aromatic ring is 4. The van der Waals surface area contributed by atoms with Gasteiger partial charge in [0.15, 0.2) is 6.61 Å². The van der Waals surface area contributed by atoms with Gasteiger partial charge in [0.1, 0.15) is 6.54 Å². The van der Waals surface area contributed by atoms with Gasteiger partial charge in [0.25, 0.3) is 11.2 Å². The topological polar surface area (TPSA) is 198 Å². The number of benzene rings is 6. The van der Waals surface area contributed by atoms with E-state index in [9.17, 15) is 9.59 Å². The van der Waals surface area contributed by atoms with E-state index in [1.54, 1.807) is 0 Å². The van der Waals surface area contributed by atoms with Gasteiger partial charge in [-0.3, -0.25) is 14.4 Å². The van der Waals surface area contributed by atoms with Crippen molar-refractivity contribution < 1.29 is 33.2 Å². The van der Waals surface area contributed by atoms with Gasteiger partial charge in [-0.05, 0) is 118 Å². The summed E-state index contributed by atoms with van der Waals surface area (Å²) < 4.78 is 15.7. The fraction of sp³-hybridized carbons (Fsp3) is 0.333. The van der Waals surface area contributed by atoms with E-state index < -0.39 is 0 Å². The second kappa shape index (κ2) is 26.3. The Labute approximate surface area is 428 Å². The van der Waals surface area contributed by atoms with E-state index in [0.29, 0.717) is 76.8 Å². The van der Waals surface area contributed by atoms with Gasteiger partial charge < -0.3 is 43.0 Å². The number of nitrogens with two attached hydrogens (primary N) is 4. The second-order valence-electron chi connectivity index (χ2n) is 18.8. The number of pyridine rings is 2. The first-order chi connectivity index (χ1) is 35.7. The fourth-order valence-electron chi connectivity index (χ4n) is 9.65. The van der Waals surface area contributed by atoms with Crippen LogP contribution in [0.4, 0.5) is 22.7 Å². The Kier molecular flexibility index (Phi) is 18.7. The summed E-state index contributed by atoms with van der Waals surface area (Å²) in [6.07, 6.45) is 9.75. The number of hydrogen-bond acceptors (Lipinski definition) is 9. The molecule has 0 radical (unpaired) electrons. The summed E-state index contributed by atoms with van der Waals surface area (Å²) in [7, 11) is 0. The SMILES string of the molecule is Nc1ccc2c(c1)c(-c1ccccc1)[n+](CCCCCC(=O)NCCCOCCOCCCCCCNC(=O)CCCCO[n+]1c(-c3ccccc3)c3cc(N)ccc3c3ccc(N)cc31)c1cc(N)ccc21. The summed E-state index contributed by atoms with van der Waals surface area (Å²) in [6.45, 7) is 4.82. The molecule has 8 rings (SSSR count). The lowest BCUT2D eigenvalue weighted by atomic mass is 9.98. The number of amides is 2. The number of carbonyl (C=O) groups is 2. The second-order valence-corrected chi connectivity index (χ2v) is 18.8. The van der Waals surface area contributed by atoms with Gasteiger partial charge in [-0.25, -0.2) is 0 Å². The molecule has 0 saturated carbocycles. The molecule has 0 aliphatic rings. The van der Waals surface area contributed by atoms with Crippen molar-refractivity contribution in [2.75, 3.05) is 69.1 Å². The highest BCUT2D eigenvalue weighted by Gasteiger charge is 2.27. The molecular weight excluding hydrogens is 913 g/mol. The first-order valence-corrected chi connectivity index (χ1v) is 26.1. The predicted molar refractivity (Wildman–Crippen MR) is 296 cm³/mol. The van der Waals surface area contributed by atoms with Crippen molar-refractivity contribution in [1.82, 2.24) is 10.6 Å². The number of ether oxygens (including phenoxy) is 2. The quantitative estimate of drug-likeness (QED) is 0.0120. The van der Waals surface area contributed by atoms with Gasteiger partial charge in [-0.1, -0.05) is 61.4 Å². The van der Waals surface area contributed by atoms with Crippen LogP contribution in [0.25, 0.3) is 65.9 Å². The standard InChI is InChI=1S/C60H70N8O5/c61-45-23-27-49-51-29-25-47(63)41-55(51)67(59(53(49)39-45)43-17-6-3-7-18-43)33-13-5-10-21-57(69)66-32-16-35-72-38-37-71-34-14-2-1-12-31-65-58(70)22-11-15-36-73-68-56-42-48(64)26-30-52(56)50-28-24-46(62)40-54(50)60(68)44-19-8-4-9-20-44/h3-4,6-9,17-20,23-30,39-42,63-64H,1-2,5,10-16,21-22,31-38,61-62H2,(H2,65,66,69,70)/p+2. The minimum absolute atomic E-state index is 0.0629. The third-order valence-corrected chi connectivity index (χ3v) is 13.3. The van der Waals surface area contributed by atoms with E-state index in [1.807, 2.05) is 71.5 Å². The maximum atomic E-state index is 12.6. The highest BCUT2D eigenvalue weighted by molar-refractivity contribution is 6.11. The lowest BCUT2D eigenvalue weighted by molar-refractivity contribution is -0.862. The summed E-state index contributed by atoms with van der Waals surface area (Å²) in [6, 6.07) is 44.6. The summed E-state index contributed by atoms with van der Waals surface area (Å²) in [5, 5.41) is 12.6. The van der Waals surface area contributed by atoms with Crippen LogP contribution in [-0.2, 0) is 25.6 Å². The summed E-state index contributed by atoms with van der Waals surface area (Å²) in [5.41, 5.74) is 34.1. The Hall–Kier alpha value is -7.48. The molecule has 10 N–H and O–H groups in total. The molecule has 6 aromatic carbocycles. The molecule has 2 aromatic heterocycles. The number of unbranched alkanes of at least 4 members (excludes halogenated alkanes) is 6. The van der Waals surface area contributed by atoms with Crippen LogP contribution in [0.3, 0.4) is 0 Å². The first kappa shape index (κ1) is 51.9. The van der Waals surface area contributed by atoms with Gasteiger partial charge >= 0.3 is 0 Å². The van der Waals surface area contributed by atoms with E-state index in [-0.39, 0.29) is 11.8 Å². The number of aromatic nitrogens is 2. The van der Waals surface area contributed by atoms with Crippen LogP contribution < -0.4 is 47.7 Å². The van der Waals surface area contributed by atoms with Crippen molar-refractivity contribution in [2.24, 2.45) is 0 Å². The maximum Gasteiger partial charge on any atom is 0.273 e. The molecule has 380 valence electrons. The molecule has 0 spiro atoms. The zero-order valence-corrected chi connectivity index (χ0v) is 42.1. The molecular formula is C60H72N8O5+2. The summed E-state index contributed by atoms with van der Waals surface area (Å²) in [4.78, 5) is 31.7. The van der Waals surface area contributed by atoms with E-state index in [4.69, 9.17) is 37.2 Å². The smallest absolute Gasteiger partial charge is 0.273 e. The Morgan fingerprint density at radius 3 is 1.51 bits per heavy atom. The minimum Gasteiger partial charge on any atom is -0.399 e. The van der Waals surface area contributed by atoms with Gasteiger partial charge in [0.2, 0.25) is 23.0 Å². The molecule has 0 unspecified atom stereocenters. The number of carbonyl (C=O) groups excluding carboxylic acids is 2. The molecule has 73 heavy (non-hydrogen) atoms. The molecule has 2 heterocycles. The highest BCUT2D eigenvalue weighted by atomic mass is 16.7. The van der Waals surface area contributed by atoms with Gasteiger partial charge in [0, 0.05) is 102 Å². The van der Waals surface area contributed by atoms with Crippen molar-refractivity contribution >= 4 is 77.9 Å². The molecule has 0 atom stereocenters. The van der Waals surface area contributed by atoms with E-state index in [1.165, 1.54) is 0 Å². The largest absolute Gasteiger partial charge is 0.399 e. The Morgan fingerprint density at radius 2 is 0.877 bits per heavy atom. The van der Waals surface area contributed by atoms with Crippen molar-refractivity contribution in [3.8, 4) is 22.5 Å². The van der Waals surface area contributed by atoms with Crippen LogP contribution >= 0.6 is 0 Å². The fourth-order valence-corrected chi connectivity index (χ4v) is 9.65. The maximum absolute atomic E-state index is 12.6. The van der Waals surface area contributed by atoms with Crippen LogP contribution in [0.1, 0.15) is 77.0 Å². The molecule has 13 nitrogen and oxygen atoms in total. The van der Waals surface area contributed by atoms with Gasteiger partial charge in [-0.15, -0.1) is 0 Å². The molecule has 0 aliphatic carbocycles. The Balaban J connectivity index is 0.635. The van der Waals surface area contributed by atoms with Gasteiger partial charge in [-0.2, -0.15) is 4.57 Å². The zero-order chi connectivity index (χ0) is 50.8. The number of hydrogen-bond donors (Lipinski definition) is 6. The highest BCUT2D eigenvalue weighted by Crippen LogP contribution is 2.35. The average molecular weight is 985 g/mol. The molecule has 13 heteroatoms. The lowest BCUT2D eigenvalue weighted by Crippen LogP contribution is -2.46. The molecule has 0 fully saturated rings. The number of nitrogens with zero attached hydrogens (tertiary/aromatic N) is 2.